The molecule has 0 unspecified atom stereocenters. The van der Waals surface area contributed by atoms with Crippen molar-refractivity contribution in [1.29, 1.82) is 0 Å². The van der Waals surface area contributed by atoms with Gasteiger partial charge in [0.15, 0.2) is 0 Å². The Labute approximate surface area is 179 Å². The van der Waals surface area contributed by atoms with E-state index in [0.29, 0.717) is 16.9 Å². The summed E-state index contributed by atoms with van der Waals surface area (Å²) in [6.45, 7) is 2.17. The number of sulfonamides is 1. The number of hydrogen-bond donors (Lipinski definition) is 1. The van der Waals surface area contributed by atoms with E-state index in [9.17, 15) is 13.2 Å². The highest BCUT2D eigenvalue weighted by atomic mass is 79.9. The van der Waals surface area contributed by atoms with Crippen molar-refractivity contribution in [3.8, 4) is 0 Å². The van der Waals surface area contributed by atoms with Crippen molar-refractivity contribution < 1.29 is 13.2 Å². The van der Waals surface area contributed by atoms with Crippen LogP contribution in [0.5, 0.6) is 0 Å². The van der Waals surface area contributed by atoms with Crippen molar-refractivity contribution in [3.05, 3.63) is 94.0 Å². The molecule has 0 aromatic heterocycles. The van der Waals surface area contributed by atoms with Gasteiger partial charge in [-0.15, -0.1) is 0 Å². The topological polar surface area (TPSA) is 66.5 Å². The van der Waals surface area contributed by atoms with Crippen LogP contribution in [0.3, 0.4) is 0 Å². The monoisotopic (exact) mass is 472 g/mol. The summed E-state index contributed by atoms with van der Waals surface area (Å²) in [4.78, 5) is 12.5. The molecule has 0 heterocycles. The number of anilines is 2. The molecule has 29 heavy (non-hydrogen) atoms. The minimum Gasteiger partial charge on any atom is -0.322 e. The first-order valence-electron chi connectivity index (χ1n) is 8.93. The molecule has 0 saturated carbocycles. The zero-order valence-electron chi connectivity index (χ0n) is 16.1. The highest BCUT2D eigenvalue weighted by molar-refractivity contribution is 9.10. The standard InChI is InChI=1S/C22H21BrN2O3S/c1-16-14-19(10-13-21(16)23)24-22(26)18-8-11-20(12-9-18)25(29(2,27)28)15-17-6-4-3-5-7-17/h3-14H,15H2,1-2H3,(H,24,26). The average molecular weight is 473 g/mol. The number of aryl methyl sites for hydroxylation is 1. The van der Waals surface area contributed by atoms with E-state index in [1.165, 1.54) is 10.6 Å². The molecule has 3 aromatic rings. The van der Waals surface area contributed by atoms with Crippen LogP contribution < -0.4 is 9.62 Å². The molecule has 150 valence electrons. The molecule has 5 nitrogen and oxygen atoms in total. The van der Waals surface area contributed by atoms with Crippen LogP contribution in [0, 0.1) is 6.92 Å². The van der Waals surface area contributed by atoms with E-state index >= 15 is 0 Å². The molecule has 3 aromatic carbocycles. The number of carbonyl (C=O) groups is 1. The molecule has 0 spiro atoms. The van der Waals surface area contributed by atoms with Gasteiger partial charge in [-0.05, 0) is 60.5 Å². The minimum atomic E-state index is -3.48. The third kappa shape index (κ3) is 5.46. The van der Waals surface area contributed by atoms with Crippen molar-refractivity contribution in [2.75, 3.05) is 15.9 Å². The van der Waals surface area contributed by atoms with Crippen LogP contribution in [0.15, 0.2) is 77.3 Å². The summed E-state index contributed by atoms with van der Waals surface area (Å²) in [6.07, 6.45) is 1.17. The number of benzene rings is 3. The Morgan fingerprint density at radius 1 is 1.00 bits per heavy atom. The number of amides is 1. The first-order valence-corrected chi connectivity index (χ1v) is 11.6. The highest BCUT2D eigenvalue weighted by Gasteiger charge is 2.18. The Morgan fingerprint density at radius 3 is 2.24 bits per heavy atom. The maximum Gasteiger partial charge on any atom is 0.255 e. The van der Waals surface area contributed by atoms with Crippen LogP contribution in [0.2, 0.25) is 0 Å². The van der Waals surface area contributed by atoms with Gasteiger partial charge in [-0.25, -0.2) is 8.42 Å². The number of hydrogen-bond acceptors (Lipinski definition) is 3. The quantitative estimate of drug-likeness (QED) is 0.550. The van der Waals surface area contributed by atoms with Crippen molar-refractivity contribution >= 4 is 43.2 Å². The van der Waals surface area contributed by atoms with Crippen molar-refractivity contribution in [2.45, 2.75) is 13.5 Å². The summed E-state index contributed by atoms with van der Waals surface area (Å²) < 4.78 is 26.9. The second kappa shape index (κ2) is 8.80. The SMILES string of the molecule is Cc1cc(NC(=O)c2ccc(N(Cc3ccccc3)S(C)(=O)=O)cc2)ccc1Br. The Morgan fingerprint density at radius 2 is 1.66 bits per heavy atom. The lowest BCUT2D eigenvalue weighted by molar-refractivity contribution is 0.102. The van der Waals surface area contributed by atoms with Gasteiger partial charge < -0.3 is 5.32 Å². The molecular formula is C22H21BrN2O3S. The summed E-state index contributed by atoms with van der Waals surface area (Å²) in [5.41, 5.74) is 3.55. The summed E-state index contributed by atoms with van der Waals surface area (Å²) in [5, 5.41) is 2.85. The molecular weight excluding hydrogens is 452 g/mol. The third-order valence-corrected chi connectivity index (χ3v) is 6.43. The number of carbonyl (C=O) groups excluding carboxylic acids is 1. The molecule has 0 atom stereocenters. The van der Waals surface area contributed by atoms with E-state index in [0.717, 1.165) is 15.6 Å². The maximum atomic E-state index is 12.5. The van der Waals surface area contributed by atoms with E-state index < -0.39 is 10.0 Å². The Kier molecular flexibility index (Phi) is 6.39. The molecule has 0 aliphatic heterocycles. The highest BCUT2D eigenvalue weighted by Crippen LogP contribution is 2.23. The van der Waals surface area contributed by atoms with Crippen molar-refractivity contribution in [1.82, 2.24) is 0 Å². The van der Waals surface area contributed by atoms with Gasteiger partial charge >= 0.3 is 0 Å². The summed E-state index contributed by atoms with van der Waals surface area (Å²) in [6, 6.07) is 21.5. The summed E-state index contributed by atoms with van der Waals surface area (Å²) in [5.74, 6) is -0.257. The molecule has 0 aliphatic rings. The second-order valence-electron chi connectivity index (χ2n) is 6.72. The van der Waals surface area contributed by atoms with Crippen molar-refractivity contribution in [2.24, 2.45) is 0 Å². The Bertz CT molecular complexity index is 1110. The first-order chi connectivity index (χ1) is 13.7. The summed E-state index contributed by atoms with van der Waals surface area (Å²) in [7, 11) is -3.48. The number of nitrogens with zero attached hydrogens (tertiary/aromatic N) is 1. The zero-order valence-corrected chi connectivity index (χ0v) is 18.5. The van der Waals surface area contributed by atoms with Gasteiger partial charge in [0.25, 0.3) is 5.91 Å². The van der Waals surface area contributed by atoms with Gasteiger partial charge in [0.2, 0.25) is 10.0 Å². The third-order valence-electron chi connectivity index (χ3n) is 4.40. The molecule has 7 heteroatoms. The normalized spacial score (nSPS) is 11.1. The lowest BCUT2D eigenvalue weighted by Crippen LogP contribution is -2.29. The summed E-state index contributed by atoms with van der Waals surface area (Å²) >= 11 is 3.44. The fourth-order valence-electron chi connectivity index (χ4n) is 2.85. The van der Waals surface area contributed by atoms with E-state index in [2.05, 4.69) is 21.2 Å². The maximum absolute atomic E-state index is 12.5. The van der Waals surface area contributed by atoms with Crippen LogP contribution >= 0.6 is 15.9 Å². The van der Waals surface area contributed by atoms with Crippen LogP contribution in [-0.4, -0.2) is 20.6 Å². The van der Waals surface area contributed by atoms with Gasteiger partial charge in [0.05, 0.1) is 18.5 Å². The molecule has 1 amide bonds. The van der Waals surface area contributed by atoms with E-state index in [-0.39, 0.29) is 12.5 Å². The molecule has 0 saturated heterocycles. The van der Waals surface area contributed by atoms with Gasteiger partial charge in [-0.1, -0.05) is 46.3 Å². The van der Waals surface area contributed by atoms with E-state index in [1.54, 1.807) is 24.3 Å². The predicted molar refractivity (Wildman–Crippen MR) is 121 cm³/mol. The molecule has 1 N–H and O–H groups in total. The zero-order chi connectivity index (χ0) is 21.0. The average Bonchev–Trinajstić information content (AvgIpc) is 2.69. The van der Waals surface area contributed by atoms with Crippen LogP contribution in [0.1, 0.15) is 21.5 Å². The van der Waals surface area contributed by atoms with E-state index in [1.807, 2.05) is 55.5 Å². The second-order valence-corrected chi connectivity index (χ2v) is 9.48. The predicted octanol–water partition coefficient (Wildman–Crippen LogP) is 4.98. The lowest BCUT2D eigenvalue weighted by Gasteiger charge is -2.22. The largest absolute Gasteiger partial charge is 0.322 e. The number of rotatable bonds is 6. The van der Waals surface area contributed by atoms with Crippen LogP contribution in [-0.2, 0) is 16.6 Å². The molecule has 3 rings (SSSR count). The lowest BCUT2D eigenvalue weighted by atomic mass is 10.1. The Hall–Kier alpha value is -2.64. The number of halogens is 1. The Balaban J connectivity index is 1.79. The molecule has 0 radical (unpaired) electrons. The number of nitrogens with one attached hydrogen (secondary N) is 1. The molecule has 0 bridgehead atoms. The minimum absolute atomic E-state index is 0.226. The fourth-order valence-corrected chi connectivity index (χ4v) is 3.99. The van der Waals surface area contributed by atoms with Crippen LogP contribution in [0.4, 0.5) is 11.4 Å². The van der Waals surface area contributed by atoms with Crippen molar-refractivity contribution in [3.63, 3.8) is 0 Å². The molecule has 0 aliphatic carbocycles. The van der Waals surface area contributed by atoms with E-state index in [4.69, 9.17) is 0 Å². The van der Waals surface area contributed by atoms with Crippen LogP contribution in [0.25, 0.3) is 0 Å². The molecule has 0 fully saturated rings. The fraction of sp³-hybridized carbons (Fsp3) is 0.136. The van der Waals surface area contributed by atoms with Gasteiger partial charge in [-0.2, -0.15) is 0 Å². The van der Waals surface area contributed by atoms with Gasteiger partial charge in [0.1, 0.15) is 0 Å². The first kappa shape index (κ1) is 21.1. The smallest absolute Gasteiger partial charge is 0.255 e. The van der Waals surface area contributed by atoms with Gasteiger partial charge in [0, 0.05) is 15.7 Å². The van der Waals surface area contributed by atoms with Gasteiger partial charge in [-0.3, -0.25) is 9.10 Å².